The fourth-order valence-electron chi connectivity index (χ4n) is 3.91. The van der Waals surface area contributed by atoms with Crippen molar-refractivity contribution >= 4 is 16.7 Å². The largest absolute Gasteiger partial charge is 0.381 e. The van der Waals surface area contributed by atoms with Gasteiger partial charge in [-0.05, 0) is 38.1 Å². The van der Waals surface area contributed by atoms with Crippen LogP contribution in [0, 0.1) is 5.92 Å². The molecule has 7 heteroatoms. The molecule has 0 spiro atoms. The second-order valence-corrected chi connectivity index (χ2v) is 7.89. The van der Waals surface area contributed by atoms with Crippen LogP contribution in [0.3, 0.4) is 0 Å². The van der Waals surface area contributed by atoms with Gasteiger partial charge in [0.1, 0.15) is 6.23 Å². The van der Waals surface area contributed by atoms with Gasteiger partial charge in [0.25, 0.3) is 0 Å². The SMILES string of the molecule is OC(Nc1nc(-c2ccccc2)ns1)[C@@H]1CCCN1CC1CCOCC1. The predicted octanol–water partition coefficient (Wildman–Crippen LogP) is 2.83. The Labute approximate surface area is 158 Å². The molecule has 2 saturated heterocycles. The van der Waals surface area contributed by atoms with Gasteiger partial charge < -0.3 is 15.2 Å². The van der Waals surface area contributed by atoms with Crippen LogP contribution in [-0.4, -0.2) is 57.9 Å². The molecular weight excluding hydrogens is 348 g/mol. The van der Waals surface area contributed by atoms with Gasteiger partial charge in [-0.15, -0.1) is 0 Å². The summed E-state index contributed by atoms with van der Waals surface area (Å²) in [6, 6.07) is 10.1. The van der Waals surface area contributed by atoms with E-state index in [-0.39, 0.29) is 6.04 Å². The van der Waals surface area contributed by atoms with Crippen LogP contribution in [0.5, 0.6) is 0 Å². The molecule has 2 N–H and O–H groups in total. The Morgan fingerprint density at radius 3 is 2.85 bits per heavy atom. The zero-order valence-corrected chi connectivity index (χ0v) is 15.7. The zero-order chi connectivity index (χ0) is 17.8. The first kappa shape index (κ1) is 17.9. The molecule has 1 aromatic heterocycles. The molecule has 0 saturated carbocycles. The van der Waals surface area contributed by atoms with Crippen molar-refractivity contribution in [2.45, 2.75) is 38.0 Å². The van der Waals surface area contributed by atoms with E-state index in [0.717, 1.165) is 57.6 Å². The van der Waals surface area contributed by atoms with Gasteiger partial charge in [-0.25, -0.2) is 0 Å². The van der Waals surface area contributed by atoms with E-state index in [1.165, 1.54) is 11.5 Å². The van der Waals surface area contributed by atoms with Gasteiger partial charge in [0.15, 0.2) is 5.82 Å². The van der Waals surface area contributed by atoms with E-state index in [4.69, 9.17) is 4.74 Å². The van der Waals surface area contributed by atoms with Gasteiger partial charge in [0.2, 0.25) is 5.13 Å². The molecule has 2 aliphatic rings. The Kier molecular flexibility index (Phi) is 5.79. The molecule has 0 amide bonds. The second-order valence-electron chi connectivity index (χ2n) is 7.14. The number of aromatic nitrogens is 2. The summed E-state index contributed by atoms with van der Waals surface area (Å²) in [5.74, 6) is 1.39. The fourth-order valence-corrected chi connectivity index (χ4v) is 4.53. The van der Waals surface area contributed by atoms with Crippen molar-refractivity contribution in [2.24, 2.45) is 5.92 Å². The molecule has 0 radical (unpaired) electrons. The fraction of sp³-hybridized carbons (Fsp3) is 0.579. The van der Waals surface area contributed by atoms with E-state index in [9.17, 15) is 5.11 Å². The van der Waals surface area contributed by atoms with Crippen LogP contribution in [0.4, 0.5) is 5.13 Å². The van der Waals surface area contributed by atoms with Crippen LogP contribution in [0.2, 0.25) is 0 Å². The number of hydrogen-bond acceptors (Lipinski definition) is 7. The van der Waals surface area contributed by atoms with Gasteiger partial charge in [0.05, 0.1) is 6.04 Å². The van der Waals surface area contributed by atoms with Crippen LogP contribution in [-0.2, 0) is 4.74 Å². The van der Waals surface area contributed by atoms with Gasteiger partial charge in [0, 0.05) is 36.9 Å². The smallest absolute Gasteiger partial charge is 0.204 e. The number of anilines is 1. The zero-order valence-electron chi connectivity index (χ0n) is 14.9. The molecule has 2 aromatic rings. The van der Waals surface area contributed by atoms with Gasteiger partial charge >= 0.3 is 0 Å². The molecule has 1 aromatic carbocycles. The van der Waals surface area contributed by atoms with Crippen molar-refractivity contribution in [3.05, 3.63) is 30.3 Å². The molecule has 0 bridgehead atoms. The third-order valence-corrected chi connectivity index (χ3v) is 5.99. The average Bonchev–Trinajstić information content (AvgIpc) is 3.33. The van der Waals surface area contributed by atoms with E-state index in [1.807, 2.05) is 30.3 Å². The highest BCUT2D eigenvalue weighted by molar-refractivity contribution is 7.09. The van der Waals surface area contributed by atoms with Crippen molar-refractivity contribution in [2.75, 3.05) is 31.6 Å². The van der Waals surface area contributed by atoms with Gasteiger partial charge in [-0.1, -0.05) is 30.3 Å². The quantitative estimate of drug-likeness (QED) is 0.758. The van der Waals surface area contributed by atoms with E-state index in [0.29, 0.717) is 16.9 Å². The number of nitrogens with one attached hydrogen (secondary N) is 1. The minimum atomic E-state index is -0.617. The maximum atomic E-state index is 10.7. The average molecular weight is 375 g/mol. The van der Waals surface area contributed by atoms with Crippen molar-refractivity contribution in [3.63, 3.8) is 0 Å². The molecule has 2 aliphatic heterocycles. The summed E-state index contributed by atoms with van der Waals surface area (Å²) in [7, 11) is 0. The topological polar surface area (TPSA) is 70.5 Å². The van der Waals surface area contributed by atoms with E-state index in [1.54, 1.807) is 0 Å². The molecule has 2 atom stereocenters. The molecule has 6 nitrogen and oxygen atoms in total. The van der Waals surface area contributed by atoms with Crippen LogP contribution in [0.1, 0.15) is 25.7 Å². The number of ether oxygens (including phenoxy) is 1. The summed E-state index contributed by atoms with van der Waals surface area (Å²) in [6.07, 6.45) is 3.79. The first-order valence-corrected chi connectivity index (χ1v) is 10.2. The normalized spacial score (nSPS) is 23.2. The highest BCUT2D eigenvalue weighted by Gasteiger charge is 2.33. The number of rotatable bonds is 6. The molecule has 2 fully saturated rings. The predicted molar refractivity (Wildman–Crippen MR) is 103 cm³/mol. The monoisotopic (exact) mass is 374 g/mol. The Balaban J connectivity index is 1.36. The number of hydrogen-bond donors (Lipinski definition) is 2. The first-order chi connectivity index (χ1) is 12.8. The van der Waals surface area contributed by atoms with Crippen LogP contribution in [0.25, 0.3) is 11.4 Å². The van der Waals surface area contributed by atoms with E-state index >= 15 is 0 Å². The van der Waals surface area contributed by atoms with Crippen molar-refractivity contribution in [1.82, 2.24) is 14.3 Å². The summed E-state index contributed by atoms with van der Waals surface area (Å²) in [4.78, 5) is 6.97. The van der Waals surface area contributed by atoms with Crippen molar-refractivity contribution in [1.29, 1.82) is 0 Å². The van der Waals surface area contributed by atoms with Crippen molar-refractivity contribution < 1.29 is 9.84 Å². The standard InChI is InChI=1S/C19H26N4O2S/c24-18(16-7-4-10-23(16)13-14-8-11-25-12-9-14)21-19-20-17(22-26-19)15-5-2-1-3-6-15/h1-3,5-6,14,16,18,24H,4,7-13H2,(H,20,21,22)/t16-,18?/m0/s1. The van der Waals surface area contributed by atoms with E-state index in [2.05, 4.69) is 19.6 Å². The summed E-state index contributed by atoms with van der Waals surface area (Å²) in [5, 5.41) is 14.6. The van der Waals surface area contributed by atoms with Crippen molar-refractivity contribution in [3.8, 4) is 11.4 Å². The Morgan fingerprint density at radius 1 is 1.23 bits per heavy atom. The molecule has 3 heterocycles. The lowest BCUT2D eigenvalue weighted by molar-refractivity contribution is 0.0356. The maximum absolute atomic E-state index is 10.7. The number of benzene rings is 1. The lowest BCUT2D eigenvalue weighted by atomic mass is 9.99. The number of aliphatic hydroxyl groups excluding tert-OH is 1. The summed E-state index contributed by atoms with van der Waals surface area (Å²) < 4.78 is 9.87. The molecule has 140 valence electrons. The summed E-state index contributed by atoms with van der Waals surface area (Å²) in [5.41, 5.74) is 0.994. The number of nitrogens with zero attached hydrogens (tertiary/aromatic N) is 3. The molecule has 4 rings (SSSR count). The Bertz CT molecular complexity index is 690. The van der Waals surface area contributed by atoms with Gasteiger partial charge in [-0.3, -0.25) is 4.90 Å². The highest BCUT2D eigenvalue weighted by atomic mass is 32.1. The third-order valence-electron chi connectivity index (χ3n) is 5.34. The molecule has 0 aliphatic carbocycles. The molecule has 1 unspecified atom stereocenters. The lowest BCUT2D eigenvalue weighted by Crippen LogP contribution is -2.45. The minimum Gasteiger partial charge on any atom is -0.381 e. The second kappa shape index (κ2) is 8.43. The van der Waals surface area contributed by atoms with Crippen LogP contribution < -0.4 is 5.32 Å². The van der Waals surface area contributed by atoms with E-state index < -0.39 is 6.23 Å². The summed E-state index contributed by atoms with van der Waals surface area (Å²) >= 11 is 1.30. The minimum absolute atomic E-state index is 0.141. The third kappa shape index (κ3) is 4.23. The molecule has 26 heavy (non-hydrogen) atoms. The summed E-state index contributed by atoms with van der Waals surface area (Å²) in [6.45, 7) is 3.86. The Morgan fingerprint density at radius 2 is 2.04 bits per heavy atom. The number of aliphatic hydroxyl groups is 1. The lowest BCUT2D eigenvalue weighted by Gasteiger charge is -2.33. The maximum Gasteiger partial charge on any atom is 0.204 e. The Hall–Kier alpha value is -1.54. The van der Waals surface area contributed by atoms with Crippen LogP contribution >= 0.6 is 11.5 Å². The van der Waals surface area contributed by atoms with Gasteiger partial charge in [-0.2, -0.15) is 9.36 Å². The van der Waals surface area contributed by atoms with Crippen LogP contribution in [0.15, 0.2) is 30.3 Å². The first-order valence-electron chi connectivity index (χ1n) is 9.45. The molecular formula is C19H26N4O2S. The number of likely N-dealkylation sites (tertiary alicyclic amines) is 1. The highest BCUT2D eigenvalue weighted by Crippen LogP contribution is 2.27.